The summed E-state index contributed by atoms with van der Waals surface area (Å²) in [6.07, 6.45) is 0. The number of aryl methyl sites for hydroxylation is 4. The summed E-state index contributed by atoms with van der Waals surface area (Å²) in [5, 5.41) is 15.5. The number of hydrogen-bond acceptors (Lipinski definition) is 3. The van der Waals surface area contributed by atoms with E-state index in [9.17, 15) is 0 Å². The van der Waals surface area contributed by atoms with Crippen LogP contribution in [0.3, 0.4) is 0 Å². The molecule has 0 saturated heterocycles. The van der Waals surface area contributed by atoms with Gasteiger partial charge in [0.25, 0.3) is 0 Å². The summed E-state index contributed by atoms with van der Waals surface area (Å²) in [5.74, 6) is 1.62. The van der Waals surface area contributed by atoms with Gasteiger partial charge in [-0.25, -0.2) is 0 Å². The molecule has 1 radical (unpaired) electrons. The summed E-state index contributed by atoms with van der Waals surface area (Å²) in [6.45, 7) is 19.8. The van der Waals surface area contributed by atoms with E-state index in [0.29, 0.717) is 11.8 Å². The number of anilines is 2. The van der Waals surface area contributed by atoms with Gasteiger partial charge in [0.2, 0.25) is 0 Å². The number of rotatable bonds is 9. The maximum Gasteiger partial charge on any atom is 0.179 e. The first-order valence-corrected chi connectivity index (χ1v) is 25.0. The van der Waals surface area contributed by atoms with Gasteiger partial charge in [-0.05, 0) is 94.3 Å². The molecule has 0 saturated carbocycles. The van der Waals surface area contributed by atoms with E-state index in [1.807, 2.05) is 0 Å². The van der Waals surface area contributed by atoms with E-state index in [1.165, 1.54) is 70.6 Å². The van der Waals surface area contributed by atoms with Gasteiger partial charge in [-0.2, -0.15) is 5.10 Å². The minimum atomic E-state index is -2.71. The molecular weight excluding hydrogens is 1000 g/mol. The van der Waals surface area contributed by atoms with E-state index in [-0.39, 0.29) is 22.4 Å². The van der Waals surface area contributed by atoms with E-state index < -0.39 is 8.07 Å². The van der Waals surface area contributed by atoms with Crippen LogP contribution in [0.5, 0.6) is 0 Å². The smallest absolute Gasteiger partial charge is 0.179 e. The van der Waals surface area contributed by atoms with Crippen molar-refractivity contribution in [3.05, 3.63) is 234 Å². The van der Waals surface area contributed by atoms with Gasteiger partial charge in [0.15, 0.2) is 8.07 Å². The van der Waals surface area contributed by atoms with Crippen LogP contribution < -0.4 is 35.6 Å². The summed E-state index contributed by atoms with van der Waals surface area (Å²) in [6, 6.07) is 68.7. The van der Waals surface area contributed by atoms with Crippen molar-refractivity contribution in [3.63, 3.8) is 0 Å². The van der Waals surface area contributed by atoms with Crippen molar-refractivity contribution in [2.45, 2.75) is 67.2 Å². The molecule has 0 fully saturated rings. The second kappa shape index (κ2) is 19.7. The van der Waals surface area contributed by atoms with Crippen molar-refractivity contribution in [1.82, 2.24) is 4.98 Å². The van der Waals surface area contributed by atoms with E-state index in [2.05, 4.69) is 260 Å². The second-order valence-electron chi connectivity index (χ2n) is 18.2. The topological polar surface area (TPSA) is 32.9 Å². The molecule has 0 aliphatic carbocycles. The van der Waals surface area contributed by atoms with Crippen molar-refractivity contribution in [1.29, 1.82) is 0 Å². The van der Waals surface area contributed by atoms with Gasteiger partial charge in [0.1, 0.15) is 5.84 Å². The Morgan fingerprint density at radius 2 is 0.909 bits per heavy atom. The first kappa shape index (κ1) is 46.3. The SMILES string of the molecule is CC(C)c1cccc(C(C)C)c1N1[CH-]N(c2cccc([Si](c3ccccc3)(c3ccccc3)c3ccccc3)c2)C(c2ccccc2)=N1.Cc1cc(C)c2[n-]c3c(C)cc(C)cc3c2c1.[Au]. The zero-order valence-electron chi connectivity index (χ0n) is 39.2. The summed E-state index contributed by atoms with van der Waals surface area (Å²) in [4.78, 5) is 7.07. The Kier molecular flexibility index (Phi) is 13.8. The Morgan fingerprint density at radius 3 is 1.36 bits per heavy atom. The monoisotopic (exact) mass is 1060 g/mol. The summed E-state index contributed by atoms with van der Waals surface area (Å²) >= 11 is 0. The van der Waals surface area contributed by atoms with Crippen LogP contribution in [-0.2, 0) is 22.4 Å². The predicted octanol–water partition coefficient (Wildman–Crippen LogP) is 12.3. The van der Waals surface area contributed by atoms with E-state index >= 15 is 0 Å². The molecule has 66 heavy (non-hydrogen) atoms. The van der Waals surface area contributed by atoms with Crippen LogP contribution >= 0.6 is 0 Å². The van der Waals surface area contributed by atoms with Crippen LogP contribution in [0, 0.1) is 34.4 Å². The molecular formula is C60H58AuN4Si-2. The first-order chi connectivity index (χ1) is 31.5. The number of aromatic nitrogens is 1. The van der Waals surface area contributed by atoms with E-state index in [4.69, 9.17) is 10.1 Å². The van der Waals surface area contributed by atoms with Crippen LogP contribution in [0.4, 0.5) is 11.4 Å². The number of fused-ring (bicyclic) bond motifs is 3. The van der Waals surface area contributed by atoms with Gasteiger partial charge in [-0.15, -0.1) is 17.7 Å². The number of benzene rings is 8. The maximum atomic E-state index is 5.37. The molecule has 0 N–H and O–H groups in total. The molecule has 1 aliphatic heterocycles. The first-order valence-electron chi connectivity index (χ1n) is 23.0. The fourth-order valence-electron chi connectivity index (χ4n) is 9.89. The van der Waals surface area contributed by atoms with Gasteiger partial charge in [-0.1, -0.05) is 226 Å². The second-order valence-corrected chi connectivity index (χ2v) is 22.0. The number of para-hydroxylation sites is 1. The quantitative estimate of drug-likeness (QED) is 0.0820. The molecule has 0 spiro atoms. The van der Waals surface area contributed by atoms with Crippen LogP contribution in [0.15, 0.2) is 193 Å². The van der Waals surface area contributed by atoms with Gasteiger partial charge in [-0.3, -0.25) is 0 Å². The fourth-order valence-corrected chi connectivity index (χ4v) is 14.7. The summed E-state index contributed by atoms with van der Waals surface area (Å²) in [7, 11) is -2.71. The Hall–Kier alpha value is -6.21. The zero-order valence-corrected chi connectivity index (χ0v) is 42.4. The van der Waals surface area contributed by atoms with Crippen molar-refractivity contribution in [2.24, 2.45) is 5.10 Å². The Bertz CT molecular complexity index is 2940. The van der Waals surface area contributed by atoms with E-state index in [0.717, 1.165) is 28.1 Å². The van der Waals surface area contributed by atoms with Gasteiger partial charge in [0, 0.05) is 39.3 Å². The van der Waals surface area contributed by atoms with Crippen molar-refractivity contribution >= 4 is 67.8 Å². The minimum Gasteiger partial charge on any atom is -0.656 e. The molecule has 2 heterocycles. The Balaban J connectivity index is 0.000000275. The largest absolute Gasteiger partial charge is 0.656 e. The molecule has 8 aromatic carbocycles. The van der Waals surface area contributed by atoms with E-state index in [1.54, 1.807) is 0 Å². The third-order valence-corrected chi connectivity index (χ3v) is 17.6. The molecule has 0 atom stereocenters. The van der Waals surface area contributed by atoms with Crippen molar-refractivity contribution in [3.8, 4) is 0 Å². The molecule has 1 aliphatic rings. The molecule has 4 nitrogen and oxygen atoms in total. The Morgan fingerprint density at radius 1 is 0.485 bits per heavy atom. The molecule has 335 valence electrons. The van der Waals surface area contributed by atoms with Gasteiger partial charge in [0.05, 0.1) is 0 Å². The van der Waals surface area contributed by atoms with Crippen LogP contribution in [0.1, 0.15) is 78.5 Å². The number of hydrogen-bond donors (Lipinski definition) is 0. The van der Waals surface area contributed by atoms with Gasteiger partial charge >= 0.3 is 0 Å². The zero-order chi connectivity index (χ0) is 45.2. The predicted molar refractivity (Wildman–Crippen MR) is 281 cm³/mol. The summed E-state index contributed by atoms with van der Waals surface area (Å²) in [5.41, 5.74) is 13.4. The molecule has 0 amide bonds. The minimum absolute atomic E-state index is 0. The van der Waals surface area contributed by atoms with Crippen molar-refractivity contribution < 1.29 is 22.4 Å². The fraction of sp³-hybridized carbons (Fsp3) is 0.167. The van der Waals surface area contributed by atoms with Gasteiger partial charge < -0.3 is 14.9 Å². The number of amidine groups is 1. The molecule has 0 unspecified atom stereocenters. The average molecular weight is 1060 g/mol. The van der Waals surface area contributed by atoms with Crippen LogP contribution in [0.25, 0.3) is 21.8 Å². The number of nitrogens with zero attached hydrogens (tertiary/aromatic N) is 4. The van der Waals surface area contributed by atoms with Crippen LogP contribution in [0.2, 0.25) is 0 Å². The molecule has 6 heteroatoms. The third kappa shape index (κ3) is 8.77. The van der Waals surface area contributed by atoms with Crippen molar-refractivity contribution in [2.75, 3.05) is 9.91 Å². The maximum absolute atomic E-state index is 5.37. The molecule has 10 rings (SSSR count). The average Bonchev–Trinajstić information content (AvgIpc) is 3.94. The summed E-state index contributed by atoms with van der Waals surface area (Å²) < 4.78 is 0. The third-order valence-electron chi connectivity index (χ3n) is 12.8. The normalized spacial score (nSPS) is 12.7. The number of hydrazone groups is 1. The Labute approximate surface area is 408 Å². The van der Waals surface area contributed by atoms with Crippen LogP contribution in [-0.4, -0.2) is 13.9 Å². The molecule has 9 aromatic rings. The standard InChI is InChI=1S/C44H42N3Si.C16H16N.Au/c1-33(2)41-29-18-30-42(34(3)4)43(41)47-32-46(44(45-47)35-19-9-5-10-20-35)36-21-17-28-40(31-36)48(37-22-11-6-12-23-37,38-24-13-7-14-25-38)39-26-15-8-16-27-39;1-9-5-11(3)15-13(7-9)14-8-10(2)6-12(4)16(14)17-15;/h5-34H,1-4H3;5-8H,1-4H3;/q2*-1;. The molecule has 1 aromatic heterocycles. The molecule has 0 bridgehead atoms.